The molecule has 2 aliphatic heterocycles. The van der Waals surface area contributed by atoms with Gasteiger partial charge in [0.15, 0.2) is 6.04 Å². The topological polar surface area (TPSA) is 79.2 Å². The van der Waals surface area contributed by atoms with Crippen molar-refractivity contribution in [3.8, 4) is 0 Å². The van der Waals surface area contributed by atoms with Gasteiger partial charge in [0.1, 0.15) is 0 Å². The Hall–Kier alpha value is -3.07. The van der Waals surface area contributed by atoms with Crippen molar-refractivity contribution in [1.29, 1.82) is 0 Å². The van der Waals surface area contributed by atoms with Crippen molar-refractivity contribution in [2.45, 2.75) is 24.3 Å². The number of rotatable bonds is 4. The molecule has 2 aliphatic rings. The second kappa shape index (κ2) is 8.37. The van der Waals surface area contributed by atoms with Crippen LogP contribution in [0.25, 0.3) is 10.8 Å². The van der Waals surface area contributed by atoms with Crippen molar-refractivity contribution in [1.82, 2.24) is 4.31 Å². The van der Waals surface area contributed by atoms with Crippen molar-refractivity contribution in [3.63, 3.8) is 0 Å². The lowest BCUT2D eigenvalue weighted by Gasteiger charge is -2.33. The van der Waals surface area contributed by atoms with Gasteiger partial charge in [-0.25, -0.2) is 13.3 Å². The maximum absolute atomic E-state index is 13.2. The predicted octanol–water partition coefficient (Wildman–Crippen LogP) is 1.37. The highest BCUT2D eigenvalue weighted by Gasteiger charge is 2.47. The van der Waals surface area contributed by atoms with Crippen LogP contribution in [0.4, 0.5) is 5.69 Å². The van der Waals surface area contributed by atoms with Gasteiger partial charge in [-0.15, -0.1) is 0 Å². The number of imide groups is 1. The molecule has 2 heterocycles. The smallest absolute Gasteiger partial charge is 0.292 e. The van der Waals surface area contributed by atoms with Gasteiger partial charge in [-0.05, 0) is 42.0 Å². The van der Waals surface area contributed by atoms with Crippen molar-refractivity contribution in [2.24, 2.45) is 0 Å². The first-order valence-corrected chi connectivity index (χ1v) is 12.6. The molecule has 0 saturated carbocycles. The molecule has 0 spiro atoms. The first-order valence-electron chi connectivity index (χ1n) is 11.1. The van der Waals surface area contributed by atoms with E-state index in [0.717, 1.165) is 21.2 Å². The number of benzene rings is 3. The average Bonchev–Trinajstić information content (AvgIpc) is 3.13. The molecule has 0 aliphatic carbocycles. The van der Waals surface area contributed by atoms with Crippen molar-refractivity contribution >= 4 is 38.3 Å². The Labute approximate surface area is 193 Å². The highest BCUT2D eigenvalue weighted by Crippen LogP contribution is 2.24. The lowest BCUT2D eigenvalue weighted by molar-refractivity contribution is -0.918. The Morgan fingerprint density at radius 1 is 0.879 bits per heavy atom. The Kier molecular flexibility index (Phi) is 5.52. The number of nitrogens with zero attached hydrogens (tertiary/aromatic N) is 2. The molecule has 5 rings (SSSR count). The third kappa shape index (κ3) is 3.94. The second-order valence-electron chi connectivity index (χ2n) is 8.73. The van der Waals surface area contributed by atoms with Gasteiger partial charge in [-0.3, -0.25) is 9.59 Å². The quantitative estimate of drug-likeness (QED) is 0.592. The van der Waals surface area contributed by atoms with Gasteiger partial charge in [0.05, 0.1) is 43.2 Å². The average molecular weight is 465 g/mol. The van der Waals surface area contributed by atoms with E-state index in [1.807, 2.05) is 49.4 Å². The monoisotopic (exact) mass is 464 g/mol. The van der Waals surface area contributed by atoms with Crippen molar-refractivity contribution in [3.05, 3.63) is 72.3 Å². The van der Waals surface area contributed by atoms with Crippen LogP contribution >= 0.6 is 0 Å². The number of aryl methyl sites for hydroxylation is 1. The molecule has 8 heteroatoms. The van der Waals surface area contributed by atoms with Gasteiger partial charge in [0.2, 0.25) is 15.9 Å². The van der Waals surface area contributed by atoms with Gasteiger partial charge < -0.3 is 4.90 Å². The molecule has 170 valence electrons. The number of hydrogen-bond donors (Lipinski definition) is 1. The van der Waals surface area contributed by atoms with Crippen LogP contribution in [0.15, 0.2) is 71.6 Å². The Morgan fingerprint density at radius 2 is 1.55 bits per heavy atom. The zero-order chi connectivity index (χ0) is 23.2. The predicted molar refractivity (Wildman–Crippen MR) is 125 cm³/mol. The molecule has 2 amide bonds. The van der Waals surface area contributed by atoms with E-state index >= 15 is 0 Å². The molecular weight excluding hydrogens is 438 g/mol. The molecule has 0 aromatic heterocycles. The summed E-state index contributed by atoms with van der Waals surface area (Å²) in [6.07, 6.45) is 0.152. The Bertz CT molecular complexity index is 1330. The van der Waals surface area contributed by atoms with E-state index < -0.39 is 16.1 Å². The van der Waals surface area contributed by atoms with E-state index in [1.54, 1.807) is 24.3 Å². The molecule has 33 heavy (non-hydrogen) atoms. The second-order valence-corrected chi connectivity index (χ2v) is 10.7. The summed E-state index contributed by atoms with van der Waals surface area (Å²) in [4.78, 5) is 28.2. The highest BCUT2D eigenvalue weighted by molar-refractivity contribution is 7.89. The summed E-state index contributed by atoms with van der Waals surface area (Å²) in [6, 6.07) is 19.7. The fourth-order valence-electron chi connectivity index (χ4n) is 4.76. The summed E-state index contributed by atoms with van der Waals surface area (Å²) in [5.74, 6) is -0.405. The van der Waals surface area contributed by atoms with E-state index in [2.05, 4.69) is 0 Å². The minimum atomic E-state index is -3.62. The standard InChI is InChI=1S/C25H25N3O4S/c1-18-6-9-21(10-7-18)28-24(29)17-23(25(28)30)26-12-14-27(15-13-26)33(31,32)22-11-8-19-4-2-3-5-20(19)16-22/h2-11,16,23H,12-15,17H2,1H3/p+1/t23-/m0/s1. The number of sulfonamides is 1. The van der Waals surface area contributed by atoms with E-state index in [4.69, 9.17) is 0 Å². The van der Waals surface area contributed by atoms with E-state index in [1.165, 1.54) is 9.21 Å². The van der Waals surface area contributed by atoms with Crippen molar-refractivity contribution < 1.29 is 22.9 Å². The molecule has 1 N–H and O–H groups in total. The van der Waals surface area contributed by atoms with Gasteiger partial charge >= 0.3 is 0 Å². The van der Waals surface area contributed by atoms with Gasteiger partial charge in [0.25, 0.3) is 5.91 Å². The highest BCUT2D eigenvalue weighted by atomic mass is 32.2. The lowest BCUT2D eigenvalue weighted by atomic mass is 10.1. The molecule has 0 unspecified atom stereocenters. The first-order chi connectivity index (χ1) is 15.8. The molecule has 3 aromatic rings. The lowest BCUT2D eigenvalue weighted by Crippen LogP contribution is -3.19. The number of carbonyl (C=O) groups excluding carboxylic acids is 2. The van der Waals surface area contributed by atoms with Gasteiger partial charge in [-0.1, -0.05) is 48.0 Å². The number of fused-ring (bicyclic) bond motifs is 1. The summed E-state index contributed by atoms with van der Waals surface area (Å²) in [7, 11) is -3.62. The summed E-state index contributed by atoms with van der Waals surface area (Å²) >= 11 is 0. The summed E-state index contributed by atoms with van der Waals surface area (Å²) in [6.45, 7) is 3.55. The van der Waals surface area contributed by atoms with E-state index in [9.17, 15) is 18.0 Å². The number of nitrogens with one attached hydrogen (secondary N) is 1. The minimum absolute atomic E-state index is 0.152. The fraction of sp³-hybridized carbons (Fsp3) is 0.280. The Morgan fingerprint density at radius 3 is 2.24 bits per heavy atom. The number of carbonyl (C=O) groups is 2. The normalized spacial score (nSPS) is 20.6. The maximum Gasteiger partial charge on any atom is 0.292 e. The fourth-order valence-corrected chi connectivity index (χ4v) is 6.23. The molecule has 1 atom stereocenters. The number of anilines is 1. The van der Waals surface area contributed by atoms with E-state index in [0.29, 0.717) is 31.9 Å². The number of piperazine rings is 1. The molecule has 2 fully saturated rings. The summed E-state index contributed by atoms with van der Waals surface area (Å²) in [5.41, 5.74) is 1.65. The van der Waals surface area contributed by atoms with E-state index in [-0.39, 0.29) is 23.1 Å². The van der Waals surface area contributed by atoms with Crippen LogP contribution in [0, 0.1) is 6.92 Å². The number of quaternary nitrogens is 1. The Balaban J connectivity index is 1.29. The third-order valence-electron chi connectivity index (χ3n) is 6.65. The maximum atomic E-state index is 13.2. The van der Waals surface area contributed by atoms with Crippen LogP contribution in [0.1, 0.15) is 12.0 Å². The minimum Gasteiger partial charge on any atom is -0.322 e. The van der Waals surface area contributed by atoms with Crippen LogP contribution in [-0.4, -0.2) is 56.8 Å². The largest absolute Gasteiger partial charge is 0.322 e. The zero-order valence-corrected chi connectivity index (χ0v) is 19.2. The SMILES string of the molecule is Cc1ccc(N2C(=O)C[C@H]([NH+]3CCN(S(=O)(=O)c4ccc5ccccc5c4)CC3)C2=O)cc1. The molecule has 3 aromatic carbocycles. The molecule has 2 saturated heterocycles. The molecular formula is C25H26N3O4S+. The number of amides is 2. The number of hydrogen-bond acceptors (Lipinski definition) is 4. The third-order valence-corrected chi connectivity index (χ3v) is 8.55. The summed E-state index contributed by atoms with van der Waals surface area (Å²) in [5, 5.41) is 1.88. The van der Waals surface area contributed by atoms with Crippen LogP contribution in [0.5, 0.6) is 0 Å². The van der Waals surface area contributed by atoms with Crippen molar-refractivity contribution in [2.75, 3.05) is 31.1 Å². The van der Waals surface area contributed by atoms with Gasteiger partial charge in [-0.2, -0.15) is 4.31 Å². The van der Waals surface area contributed by atoms with Crippen LogP contribution < -0.4 is 9.80 Å². The van der Waals surface area contributed by atoms with Gasteiger partial charge in [0, 0.05) is 0 Å². The van der Waals surface area contributed by atoms with Crippen LogP contribution in [0.3, 0.4) is 0 Å². The molecule has 0 bridgehead atoms. The van der Waals surface area contributed by atoms with Crippen LogP contribution in [-0.2, 0) is 19.6 Å². The molecule has 7 nitrogen and oxygen atoms in total. The first kappa shape index (κ1) is 21.8. The summed E-state index contributed by atoms with van der Waals surface area (Å²) < 4.78 is 27.9. The molecule has 0 radical (unpaired) electrons. The van der Waals surface area contributed by atoms with Crippen LogP contribution in [0.2, 0.25) is 0 Å². The zero-order valence-electron chi connectivity index (χ0n) is 18.4.